The van der Waals surface area contributed by atoms with Crippen LogP contribution in [0.2, 0.25) is 0 Å². The lowest BCUT2D eigenvalue weighted by Gasteiger charge is -2.12. The van der Waals surface area contributed by atoms with Gasteiger partial charge in [0.2, 0.25) is 5.91 Å². The van der Waals surface area contributed by atoms with E-state index in [4.69, 9.17) is 4.74 Å². The van der Waals surface area contributed by atoms with Gasteiger partial charge in [0.05, 0.1) is 18.0 Å². The SMILES string of the molecule is O=C(CCOc1ccc([N+](=O)[O-])cc1)Nc1ccccc1Cc1ccccc1. The summed E-state index contributed by atoms with van der Waals surface area (Å²) >= 11 is 0. The smallest absolute Gasteiger partial charge is 0.269 e. The lowest BCUT2D eigenvalue weighted by molar-refractivity contribution is -0.384. The van der Waals surface area contributed by atoms with E-state index in [1.165, 1.54) is 29.8 Å². The van der Waals surface area contributed by atoms with Gasteiger partial charge in [-0.3, -0.25) is 14.9 Å². The van der Waals surface area contributed by atoms with Gasteiger partial charge < -0.3 is 10.1 Å². The van der Waals surface area contributed by atoms with Crippen molar-refractivity contribution in [1.29, 1.82) is 0 Å². The van der Waals surface area contributed by atoms with Crippen molar-refractivity contribution < 1.29 is 14.5 Å². The molecule has 0 bridgehead atoms. The number of ether oxygens (including phenoxy) is 1. The van der Waals surface area contributed by atoms with Crippen LogP contribution in [0.3, 0.4) is 0 Å². The minimum absolute atomic E-state index is 0.000108. The van der Waals surface area contributed by atoms with E-state index in [0.717, 1.165) is 17.7 Å². The minimum Gasteiger partial charge on any atom is -0.493 e. The summed E-state index contributed by atoms with van der Waals surface area (Å²) in [4.78, 5) is 22.4. The number of non-ortho nitro benzene ring substituents is 1. The molecule has 3 aromatic carbocycles. The van der Waals surface area contributed by atoms with E-state index in [9.17, 15) is 14.9 Å². The Morgan fingerprint density at radius 1 is 0.929 bits per heavy atom. The highest BCUT2D eigenvalue weighted by Crippen LogP contribution is 2.20. The Bertz CT molecular complexity index is 940. The predicted molar refractivity (Wildman–Crippen MR) is 108 cm³/mol. The molecule has 0 unspecified atom stereocenters. The Balaban J connectivity index is 1.53. The number of nitro benzene ring substituents is 1. The summed E-state index contributed by atoms with van der Waals surface area (Å²) in [7, 11) is 0. The molecular weight excluding hydrogens is 356 g/mol. The zero-order valence-corrected chi connectivity index (χ0v) is 15.2. The maximum absolute atomic E-state index is 12.3. The normalized spacial score (nSPS) is 10.3. The number of hydrogen-bond acceptors (Lipinski definition) is 4. The standard InChI is InChI=1S/C22H20N2O4/c25-22(14-15-28-20-12-10-19(11-13-20)24(26)27)23-21-9-5-4-8-18(21)16-17-6-2-1-3-7-17/h1-13H,14-16H2,(H,23,25). The molecule has 1 N–H and O–H groups in total. The highest BCUT2D eigenvalue weighted by Gasteiger charge is 2.09. The van der Waals surface area contributed by atoms with Gasteiger partial charge in [-0.15, -0.1) is 0 Å². The van der Waals surface area contributed by atoms with Crippen molar-refractivity contribution in [3.63, 3.8) is 0 Å². The first-order valence-corrected chi connectivity index (χ1v) is 8.91. The molecule has 0 spiro atoms. The lowest BCUT2D eigenvalue weighted by atomic mass is 10.0. The summed E-state index contributed by atoms with van der Waals surface area (Å²) in [5.74, 6) is 0.338. The van der Waals surface area contributed by atoms with Crippen molar-refractivity contribution in [3.8, 4) is 5.75 Å². The van der Waals surface area contributed by atoms with Gasteiger partial charge in [0.1, 0.15) is 5.75 Å². The van der Waals surface area contributed by atoms with E-state index in [1.807, 2.05) is 42.5 Å². The number of carbonyl (C=O) groups is 1. The number of rotatable bonds is 8. The molecule has 6 nitrogen and oxygen atoms in total. The van der Waals surface area contributed by atoms with Gasteiger partial charge >= 0.3 is 0 Å². The van der Waals surface area contributed by atoms with Crippen molar-refractivity contribution in [1.82, 2.24) is 0 Å². The van der Waals surface area contributed by atoms with Crippen LogP contribution in [0.5, 0.6) is 5.75 Å². The van der Waals surface area contributed by atoms with Crippen LogP contribution < -0.4 is 10.1 Å². The van der Waals surface area contributed by atoms with Crippen molar-refractivity contribution in [2.45, 2.75) is 12.8 Å². The molecule has 0 fully saturated rings. The van der Waals surface area contributed by atoms with Gasteiger partial charge in [0.15, 0.2) is 0 Å². The minimum atomic E-state index is -0.468. The van der Waals surface area contributed by atoms with Gasteiger partial charge in [-0.05, 0) is 35.7 Å². The van der Waals surface area contributed by atoms with Crippen LogP contribution in [0, 0.1) is 10.1 Å². The Kier molecular flexibility index (Phi) is 6.36. The topological polar surface area (TPSA) is 81.5 Å². The molecule has 0 heterocycles. The van der Waals surface area contributed by atoms with E-state index in [2.05, 4.69) is 17.4 Å². The molecule has 1 amide bonds. The third kappa shape index (κ3) is 5.41. The van der Waals surface area contributed by atoms with E-state index in [1.54, 1.807) is 0 Å². The number of nitro groups is 1. The van der Waals surface area contributed by atoms with E-state index < -0.39 is 4.92 Å². The fraction of sp³-hybridized carbons (Fsp3) is 0.136. The second-order valence-electron chi connectivity index (χ2n) is 6.22. The zero-order valence-electron chi connectivity index (χ0n) is 15.2. The van der Waals surface area contributed by atoms with Gasteiger partial charge in [-0.1, -0.05) is 48.5 Å². The number of carbonyl (C=O) groups excluding carboxylic acids is 1. The molecule has 0 atom stereocenters. The number of benzene rings is 3. The quantitative estimate of drug-likeness (QED) is 0.460. The number of hydrogen-bond donors (Lipinski definition) is 1. The Morgan fingerprint density at radius 2 is 1.61 bits per heavy atom. The summed E-state index contributed by atoms with van der Waals surface area (Å²) in [5.41, 5.74) is 3.00. The zero-order chi connectivity index (χ0) is 19.8. The summed E-state index contributed by atoms with van der Waals surface area (Å²) < 4.78 is 5.49. The average molecular weight is 376 g/mol. The van der Waals surface area contributed by atoms with E-state index >= 15 is 0 Å². The largest absolute Gasteiger partial charge is 0.493 e. The van der Waals surface area contributed by atoms with Crippen LogP contribution in [0.15, 0.2) is 78.9 Å². The second-order valence-corrected chi connectivity index (χ2v) is 6.22. The van der Waals surface area contributed by atoms with Crippen LogP contribution in [-0.2, 0) is 11.2 Å². The fourth-order valence-electron chi connectivity index (χ4n) is 2.75. The lowest BCUT2D eigenvalue weighted by Crippen LogP contribution is -2.16. The molecule has 3 aromatic rings. The van der Waals surface area contributed by atoms with Crippen LogP contribution in [0.25, 0.3) is 0 Å². The van der Waals surface area contributed by atoms with Gasteiger partial charge in [-0.2, -0.15) is 0 Å². The molecule has 6 heteroatoms. The maximum Gasteiger partial charge on any atom is 0.269 e. The van der Waals surface area contributed by atoms with Crippen LogP contribution >= 0.6 is 0 Å². The molecule has 0 aliphatic rings. The third-order valence-electron chi connectivity index (χ3n) is 4.17. The van der Waals surface area contributed by atoms with Crippen molar-refractivity contribution in [2.75, 3.05) is 11.9 Å². The molecule has 0 aromatic heterocycles. The molecular formula is C22H20N2O4. The number of nitrogens with one attached hydrogen (secondary N) is 1. The first kappa shape index (κ1) is 19.1. The van der Waals surface area contributed by atoms with Crippen LogP contribution in [0.4, 0.5) is 11.4 Å². The maximum atomic E-state index is 12.3. The molecule has 142 valence electrons. The molecule has 0 aliphatic carbocycles. The first-order valence-electron chi connectivity index (χ1n) is 8.91. The van der Waals surface area contributed by atoms with Crippen molar-refractivity contribution in [2.24, 2.45) is 0 Å². The van der Waals surface area contributed by atoms with E-state index in [0.29, 0.717) is 5.75 Å². The van der Waals surface area contributed by atoms with Gasteiger partial charge in [0.25, 0.3) is 5.69 Å². The molecule has 28 heavy (non-hydrogen) atoms. The molecule has 0 saturated heterocycles. The summed E-state index contributed by atoms with van der Waals surface area (Å²) in [6.45, 7) is 0.185. The molecule has 0 aliphatic heterocycles. The van der Waals surface area contributed by atoms with Crippen molar-refractivity contribution in [3.05, 3.63) is 100 Å². The van der Waals surface area contributed by atoms with Crippen molar-refractivity contribution >= 4 is 17.3 Å². The molecule has 0 saturated carbocycles. The highest BCUT2D eigenvalue weighted by molar-refractivity contribution is 5.91. The molecule has 0 radical (unpaired) electrons. The second kappa shape index (κ2) is 9.32. The number of anilines is 1. The summed E-state index contributed by atoms with van der Waals surface area (Å²) in [6, 6.07) is 23.6. The Morgan fingerprint density at radius 3 is 2.32 bits per heavy atom. The summed E-state index contributed by atoms with van der Waals surface area (Å²) in [6.07, 6.45) is 0.910. The monoisotopic (exact) mass is 376 g/mol. The highest BCUT2D eigenvalue weighted by atomic mass is 16.6. The van der Waals surface area contributed by atoms with E-state index in [-0.39, 0.29) is 24.6 Å². The first-order chi connectivity index (χ1) is 13.6. The fourth-order valence-corrected chi connectivity index (χ4v) is 2.75. The summed E-state index contributed by atoms with van der Waals surface area (Å²) in [5, 5.41) is 13.6. The third-order valence-corrected chi connectivity index (χ3v) is 4.17. The Hall–Kier alpha value is -3.67. The Labute approximate surface area is 162 Å². The number of para-hydroxylation sites is 1. The van der Waals surface area contributed by atoms with Crippen LogP contribution in [0.1, 0.15) is 17.5 Å². The van der Waals surface area contributed by atoms with Crippen LogP contribution in [-0.4, -0.2) is 17.4 Å². The predicted octanol–water partition coefficient (Wildman–Crippen LogP) is 4.59. The van der Waals surface area contributed by atoms with Gasteiger partial charge in [0, 0.05) is 17.8 Å². The van der Waals surface area contributed by atoms with Gasteiger partial charge in [-0.25, -0.2) is 0 Å². The average Bonchev–Trinajstić information content (AvgIpc) is 2.71. The number of nitrogens with zero attached hydrogens (tertiary/aromatic N) is 1. The number of amides is 1. The molecule has 3 rings (SSSR count).